The first-order valence-corrected chi connectivity index (χ1v) is 26.9. The Kier molecular flexibility index (Phi) is 43.9. The normalized spacial score (nSPS) is 12.2. The van der Waals surface area contributed by atoms with Crippen LogP contribution >= 0.6 is 69.6 Å². The molecule has 0 fully saturated rings. The summed E-state index contributed by atoms with van der Waals surface area (Å²) in [6, 6.07) is 12.1. The van der Waals surface area contributed by atoms with Crippen molar-refractivity contribution in [1.29, 1.82) is 0 Å². The summed E-state index contributed by atoms with van der Waals surface area (Å²) in [5.74, 6) is -5.16. The SMILES string of the molecule is C.C.CCN(CC)CCCN.CCN(CC)CCCN1C(=O)c2ccc(C(=O)O)cc2C1=O.CC[NH+](CC)CCCN1C(=O)c2ccc(C(=O)Cl)cc2C1=O.ClC(Cl)Cl.O=C(Cl)C(=O)Cl.O=C(O)c1ccc2c(c1)C(=O)OC2=O.[2H]CF.[Cl-]. The number of carboxylic acid groups (broad SMARTS) is 2. The summed E-state index contributed by atoms with van der Waals surface area (Å²) >= 11 is 28.8. The van der Waals surface area contributed by atoms with Gasteiger partial charge in [-0.3, -0.25) is 47.8 Å². The molecule has 3 aromatic carbocycles. The summed E-state index contributed by atoms with van der Waals surface area (Å²) in [6.45, 7) is 23.4. The molecule has 0 atom stereocenters. The van der Waals surface area contributed by atoms with Crippen molar-refractivity contribution in [3.05, 3.63) is 105 Å². The second-order valence-corrected chi connectivity index (χ2v) is 19.3. The maximum atomic E-state index is 12.3. The molecule has 5 N–H and O–H groups in total. The first-order chi connectivity index (χ1) is 37.7. The lowest BCUT2D eigenvalue weighted by Crippen LogP contribution is -3.11. The number of hydrogen-bond acceptors (Lipinski definition) is 15. The molecule has 6 rings (SSSR count). The molecule has 0 saturated heterocycles. The second kappa shape index (κ2) is 44.4. The van der Waals surface area contributed by atoms with Gasteiger partial charge in [0, 0.05) is 25.1 Å². The van der Waals surface area contributed by atoms with Crippen molar-refractivity contribution in [3.63, 3.8) is 0 Å². The van der Waals surface area contributed by atoms with Crippen molar-refractivity contribution in [2.45, 2.75) is 80.0 Å². The molecule has 4 amide bonds. The van der Waals surface area contributed by atoms with Gasteiger partial charge in [-0.05, 0) is 162 Å². The van der Waals surface area contributed by atoms with Gasteiger partial charge >= 0.3 is 34.4 Å². The molecule has 460 valence electrons. The van der Waals surface area contributed by atoms with Crippen molar-refractivity contribution in [3.8, 4) is 0 Å². The Hall–Kier alpha value is -5.17. The van der Waals surface area contributed by atoms with E-state index in [9.17, 15) is 57.1 Å². The van der Waals surface area contributed by atoms with E-state index >= 15 is 0 Å². The summed E-state index contributed by atoms with van der Waals surface area (Å²) in [7, 11) is -1.00. The third-order valence-electron chi connectivity index (χ3n) is 11.7. The molecule has 0 saturated carbocycles. The number of hydrogen-bond donors (Lipinski definition) is 4. The number of aromatic carboxylic acids is 2. The van der Waals surface area contributed by atoms with Crippen molar-refractivity contribution in [2.24, 2.45) is 5.73 Å². The molecule has 28 heteroatoms. The standard InChI is InChI=1S/C16H19ClN2O3.C16H20N2O4.C9H4O5.C7H18N2.C2Cl2O2.CHCl3.CH3F.2CH4.ClH/c1-3-18(4-2)8-5-9-19-15(21)12-7-6-11(14(17)20)10-13(12)16(19)22;1-3-17(4-2)8-5-9-18-14(19)12-7-6-11(16(21)22)10-13(12)15(18)20;10-7(11)4-1-2-5-6(3-4)9(13)14-8(5)12;1-3-9(4-2)7-5-6-8;3-1(5)2(4)6;2-1(3)4;1-2;;;/h6-7,10H,3-5,8-9H2,1-2H3;6-7,10H,3-5,8-9H2,1-2H3,(H,21,22);1-3H,(H,10,11);3-8H2,1-2H3;;1H;1H3;2*1H4;1H/i;;;;;;1D;;;. The van der Waals surface area contributed by atoms with Crippen LogP contribution in [0.3, 0.4) is 0 Å². The first kappa shape index (κ1) is 81.0. The van der Waals surface area contributed by atoms with Crippen LogP contribution in [0.4, 0.5) is 4.39 Å². The molecule has 3 heterocycles. The number of cyclic esters (lactones) is 2. The van der Waals surface area contributed by atoms with Crippen LogP contribution in [0.5, 0.6) is 0 Å². The number of esters is 2. The van der Waals surface area contributed by atoms with E-state index < -0.39 is 57.0 Å². The Labute approximate surface area is 516 Å². The second-order valence-electron chi connectivity index (χ2n) is 16.3. The van der Waals surface area contributed by atoms with E-state index in [2.05, 4.69) is 79.3 Å². The summed E-state index contributed by atoms with van der Waals surface area (Å²) < 4.78 is 19.0. The van der Waals surface area contributed by atoms with E-state index in [4.69, 9.17) is 63.7 Å². The quantitative estimate of drug-likeness (QED) is 0.0258. The molecular formula is C54H74Cl7FN6O14. The van der Waals surface area contributed by atoms with Crippen LogP contribution in [0.1, 0.15) is 170 Å². The van der Waals surface area contributed by atoms with Crippen LogP contribution in [-0.4, -0.2) is 183 Å². The van der Waals surface area contributed by atoms with Gasteiger partial charge in [0.1, 0.15) is 0 Å². The highest BCUT2D eigenvalue weighted by Crippen LogP contribution is 2.26. The monoisotopic (exact) mass is 1300 g/mol. The number of ether oxygens (including phenoxy) is 1. The van der Waals surface area contributed by atoms with Crippen LogP contribution < -0.4 is 23.0 Å². The Morgan fingerprint density at radius 1 is 0.598 bits per heavy atom. The lowest BCUT2D eigenvalue weighted by atomic mass is 10.1. The predicted octanol–water partition coefficient (Wildman–Crippen LogP) is 5.43. The predicted molar refractivity (Wildman–Crippen MR) is 313 cm³/mol. The van der Waals surface area contributed by atoms with E-state index in [-0.39, 0.29) is 89.5 Å². The number of nitrogens with one attached hydrogen (secondary N) is 1. The molecule has 0 spiro atoms. The highest BCUT2D eigenvalue weighted by Gasteiger charge is 2.37. The molecule has 82 heavy (non-hydrogen) atoms. The van der Waals surface area contributed by atoms with Crippen LogP contribution in [0.15, 0.2) is 54.6 Å². The van der Waals surface area contributed by atoms with Crippen molar-refractivity contribution < 1.29 is 90.8 Å². The number of quaternary nitrogens is 1. The van der Waals surface area contributed by atoms with E-state index in [1.807, 2.05) is 0 Å². The van der Waals surface area contributed by atoms with Crippen LogP contribution in [0.25, 0.3) is 0 Å². The number of fused-ring (bicyclic) bond motifs is 3. The fourth-order valence-electron chi connectivity index (χ4n) is 7.40. The highest BCUT2D eigenvalue weighted by molar-refractivity contribution is 6.97. The van der Waals surface area contributed by atoms with E-state index in [1.165, 1.54) is 63.2 Å². The van der Waals surface area contributed by atoms with Gasteiger partial charge in [-0.15, -0.1) is 0 Å². The van der Waals surface area contributed by atoms with Gasteiger partial charge in [-0.1, -0.05) is 77.4 Å². The number of nitrogens with two attached hydrogens (primary N) is 1. The van der Waals surface area contributed by atoms with Gasteiger partial charge in [-0.25, -0.2) is 19.2 Å². The summed E-state index contributed by atoms with van der Waals surface area (Å²) in [5, 5.41) is 14.7. The molecule has 0 radical (unpaired) electrons. The van der Waals surface area contributed by atoms with Crippen molar-refractivity contribution >= 4 is 133 Å². The fourth-order valence-corrected chi connectivity index (χ4v) is 7.52. The first-order valence-electron chi connectivity index (χ1n) is 25.1. The minimum atomic E-state index is -1.15. The largest absolute Gasteiger partial charge is 1.00 e. The Morgan fingerprint density at radius 2 is 0.927 bits per heavy atom. The molecule has 3 aromatic rings. The smallest absolute Gasteiger partial charge is 0.346 e. The number of halogens is 8. The highest BCUT2D eigenvalue weighted by atomic mass is 35.6. The van der Waals surface area contributed by atoms with Gasteiger partial charge < -0.3 is 47.8 Å². The number of amides is 4. The molecule has 20 nitrogen and oxygen atoms in total. The zero-order valence-electron chi connectivity index (χ0n) is 45.8. The number of nitrogens with zero attached hydrogens (tertiary/aromatic N) is 4. The molecule has 3 aliphatic heterocycles. The zero-order valence-corrected chi connectivity index (χ0v) is 50.1. The number of benzene rings is 3. The topological polar surface area (TPSA) is 281 Å². The minimum Gasteiger partial charge on any atom is -1.00 e. The zero-order chi connectivity index (χ0) is 61.4. The minimum absolute atomic E-state index is 0. The lowest BCUT2D eigenvalue weighted by molar-refractivity contribution is -0.896. The Balaban J connectivity index is -0.000000477. The average Bonchev–Trinajstić information content (AvgIpc) is 3.96. The molecule has 0 aliphatic carbocycles. The van der Waals surface area contributed by atoms with Crippen LogP contribution in [0.2, 0.25) is 0 Å². The number of rotatable bonds is 21. The molecule has 0 unspecified atom stereocenters. The Bertz CT molecular complexity index is 2510. The Morgan fingerprint density at radius 3 is 1.28 bits per heavy atom. The summed E-state index contributed by atoms with van der Waals surface area (Å²) in [4.78, 5) is 131. The number of carbonyl (C=O) groups is 11. The molecular weight excluding hydrogens is 1220 g/mol. The average molecular weight is 1300 g/mol. The fraction of sp³-hybridized carbons (Fsp3) is 0.463. The molecule has 0 bridgehead atoms. The van der Waals surface area contributed by atoms with Gasteiger partial charge in [0.25, 0.3) is 28.9 Å². The van der Waals surface area contributed by atoms with Crippen molar-refractivity contribution in [2.75, 3.05) is 85.7 Å². The van der Waals surface area contributed by atoms with Gasteiger partial charge in [-0.2, -0.15) is 0 Å². The number of imide groups is 2. The lowest BCUT2D eigenvalue weighted by Gasteiger charge is -2.20. The summed E-state index contributed by atoms with van der Waals surface area (Å²) in [6.07, 6.45) is 2.60. The van der Waals surface area contributed by atoms with Crippen LogP contribution in [0, 0.1) is 0 Å². The van der Waals surface area contributed by atoms with Gasteiger partial charge in [0.2, 0.25) is 0 Å². The van der Waals surface area contributed by atoms with Crippen LogP contribution in [-0.2, 0) is 14.3 Å². The summed E-state index contributed by atoms with van der Waals surface area (Å²) in [5.41, 5.74) is 6.78. The van der Waals surface area contributed by atoms with E-state index in [0.717, 1.165) is 84.4 Å². The number of carbonyl (C=O) groups excluding carboxylic acids is 9. The maximum absolute atomic E-state index is 12.3. The number of carboxylic acids is 2. The molecule has 3 aliphatic rings. The molecule has 0 aromatic heterocycles. The van der Waals surface area contributed by atoms with Gasteiger partial charge in [0.15, 0.2) is 4.30 Å². The number of alkyl halides is 4. The third kappa shape index (κ3) is 27.5. The van der Waals surface area contributed by atoms with E-state index in [1.54, 1.807) is 0 Å². The van der Waals surface area contributed by atoms with Crippen molar-refractivity contribution in [1.82, 2.24) is 19.6 Å². The maximum Gasteiger partial charge on any atom is 0.346 e. The van der Waals surface area contributed by atoms with Gasteiger partial charge in [0.05, 0.1) is 72.7 Å². The van der Waals surface area contributed by atoms with E-state index in [0.29, 0.717) is 25.1 Å². The third-order valence-corrected chi connectivity index (χ3v) is 12.4.